The Kier molecular flexibility index (Phi) is 6.27. The van der Waals surface area contributed by atoms with E-state index in [0.717, 1.165) is 42.5 Å². The second-order valence-corrected chi connectivity index (χ2v) is 9.29. The highest BCUT2D eigenvalue weighted by Gasteiger charge is 2.30. The van der Waals surface area contributed by atoms with E-state index in [1.807, 2.05) is 33.7 Å². The highest BCUT2D eigenvalue weighted by atomic mass is 35.5. The lowest BCUT2D eigenvalue weighted by atomic mass is 9.98. The minimum Gasteiger partial charge on any atom is -0.335 e. The summed E-state index contributed by atoms with van der Waals surface area (Å²) in [5.74, 6) is 1.30. The number of nitrogens with zero attached hydrogens (tertiary/aromatic N) is 4. The van der Waals surface area contributed by atoms with Crippen molar-refractivity contribution in [3.63, 3.8) is 0 Å². The Bertz CT molecular complexity index is 1020. The van der Waals surface area contributed by atoms with Gasteiger partial charge in [0.15, 0.2) is 11.0 Å². The van der Waals surface area contributed by atoms with Crippen molar-refractivity contribution < 1.29 is 4.79 Å². The Labute approximate surface area is 184 Å². The molecule has 4 rings (SSSR count). The van der Waals surface area contributed by atoms with Crippen molar-refractivity contribution in [1.82, 2.24) is 19.7 Å². The summed E-state index contributed by atoms with van der Waals surface area (Å²) in [4.78, 5) is 16.5. The van der Waals surface area contributed by atoms with Crippen LogP contribution in [0.2, 0.25) is 5.02 Å². The molecule has 1 aromatic carbocycles. The number of aromatic nitrogens is 3. The second-order valence-electron chi connectivity index (χ2n) is 6.91. The zero-order valence-electron chi connectivity index (χ0n) is 16.5. The molecule has 29 heavy (non-hydrogen) atoms. The molecule has 1 unspecified atom stereocenters. The number of hydrogen-bond acceptors (Lipinski definition) is 5. The molecule has 8 heteroatoms. The van der Waals surface area contributed by atoms with Gasteiger partial charge in [0, 0.05) is 28.6 Å². The first kappa shape index (κ1) is 20.4. The highest BCUT2D eigenvalue weighted by Crippen LogP contribution is 2.36. The third-order valence-electron chi connectivity index (χ3n) is 5.24. The van der Waals surface area contributed by atoms with Crippen molar-refractivity contribution in [2.75, 3.05) is 12.3 Å². The summed E-state index contributed by atoms with van der Waals surface area (Å²) in [6.45, 7) is 5.72. The van der Waals surface area contributed by atoms with Gasteiger partial charge in [-0.3, -0.25) is 4.79 Å². The molecular formula is C21H23ClN4OS2. The molecule has 1 aliphatic rings. The summed E-state index contributed by atoms with van der Waals surface area (Å²) in [5, 5.41) is 12.3. The first-order valence-corrected chi connectivity index (χ1v) is 12.0. The van der Waals surface area contributed by atoms with Crippen LogP contribution in [-0.2, 0) is 17.8 Å². The van der Waals surface area contributed by atoms with Crippen LogP contribution in [0.5, 0.6) is 0 Å². The Morgan fingerprint density at radius 3 is 2.93 bits per heavy atom. The average molecular weight is 447 g/mol. The molecule has 2 aromatic heterocycles. The van der Waals surface area contributed by atoms with Crippen LogP contribution >= 0.6 is 34.7 Å². The third-order valence-corrected chi connectivity index (χ3v) is 7.43. The van der Waals surface area contributed by atoms with Gasteiger partial charge in [0.2, 0.25) is 5.91 Å². The zero-order chi connectivity index (χ0) is 20.4. The smallest absolute Gasteiger partial charge is 0.233 e. The van der Waals surface area contributed by atoms with Gasteiger partial charge in [0.1, 0.15) is 0 Å². The number of benzene rings is 1. The SMILES string of the molecule is CCC1c2ccsc2CCN1C(=O)CSc1nnc(-c2cccc(Cl)c2)n1CC. The van der Waals surface area contributed by atoms with Gasteiger partial charge >= 0.3 is 0 Å². The van der Waals surface area contributed by atoms with Gasteiger partial charge in [-0.1, -0.05) is 42.4 Å². The van der Waals surface area contributed by atoms with E-state index in [4.69, 9.17) is 11.6 Å². The number of amides is 1. The number of rotatable bonds is 6. The van der Waals surface area contributed by atoms with Crippen molar-refractivity contribution in [3.05, 3.63) is 51.2 Å². The minimum absolute atomic E-state index is 0.161. The molecule has 1 amide bonds. The Morgan fingerprint density at radius 1 is 1.31 bits per heavy atom. The number of carbonyl (C=O) groups is 1. The normalized spacial score (nSPS) is 16.1. The van der Waals surface area contributed by atoms with E-state index in [9.17, 15) is 4.79 Å². The molecule has 5 nitrogen and oxygen atoms in total. The molecular weight excluding hydrogens is 424 g/mol. The van der Waals surface area contributed by atoms with E-state index < -0.39 is 0 Å². The van der Waals surface area contributed by atoms with Crippen LogP contribution < -0.4 is 0 Å². The van der Waals surface area contributed by atoms with Crippen molar-refractivity contribution in [3.8, 4) is 11.4 Å². The maximum Gasteiger partial charge on any atom is 0.233 e. The molecule has 0 fully saturated rings. The van der Waals surface area contributed by atoms with Crippen LogP contribution in [0.25, 0.3) is 11.4 Å². The lowest BCUT2D eigenvalue weighted by molar-refractivity contribution is -0.131. The fraction of sp³-hybridized carbons (Fsp3) is 0.381. The largest absolute Gasteiger partial charge is 0.335 e. The van der Waals surface area contributed by atoms with E-state index in [1.54, 1.807) is 11.3 Å². The average Bonchev–Trinajstić information content (AvgIpc) is 3.37. The fourth-order valence-corrected chi connectivity index (χ4v) is 5.87. The summed E-state index contributed by atoms with van der Waals surface area (Å²) in [6.07, 6.45) is 1.88. The van der Waals surface area contributed by atoms with Crippen LogP contribution in [0.3, 0.4) is 0 Å². The van der Waals surface area contributed by atoms with Crippen molar-refractivity contribution in [2.24, 2.45) is 0 Å². The van der Waals surface area contributed by atoms with Gasteiger partial charge in [-0.25, -0.2) is 0 Å². The Morgan fingerprint density at radius 2 is 2.17 bits per heavy atom. The predicted molar refractivity (Wildman–Crippen MR) is 120 cm³/mol. The number of hydrogen-bond donors (Lipinski definition) is 0. The molecule has 0 saturated carbocycles. The summed E-state index contributed by atoms with van der Waals surface area (Å²) in [5.41, 5.74) is 2.25. The van der Waals surface area contributed by atoms with Gasteiger partial charge in [-0.15, -0.1) is 21.5 Å². The summed E-state index contributed by atoms with van der Waals surface area (Å²) < 4.78 is 2.04. The molecule has 1 aliphatic heterocycles. The minimum atomic E-state index is 0.161. The number of halogens is 1. The summed E-state index contributed by atoms with van der Waals surface area (Å²) >= 11 is 9.39. The van der Waals surface area contributed by atoms with Crippen LogP contribution in [0, 0.1) is 0 Å². The van der Waals surface area contributed by atoms with E-state index in [2.05, 4.69) is 35.5 Å². The van der Waals surface area contributed by atoms with Gasteiger partial charge in [-0.05, 0) is 48.9 Å². The molecule has 0 aliphatic carbocycles. The van der Waals surface area contributed by atoms with E-state index in [-0.39, 0.29) is 11.9 Å². The molecule has 0 N–H and O–H groups in total. The molecule has 3 heterocycles. The summed E-state index contributed by atoms with van der Waals surface area (Å²) in [7, 11) is 0. The fourth-order valence-electron chi connectivity index (χ4n) is 3.87. The Hall–Kier alpha value is -1.83. The maximum atomic E-state index is 13.0. The second kappa shape index (κ2) is 8.90. The van der Waals surface area contributed by atoms with Crippen LogP contribution in [0.1, 0.15) is 36.8 Å². The van der Waals surface area contributed by atoms with Crippen LogP contribution in [0.4, 0.5) is 0 Å². The first-order chi connectivity index (χ1) is 14.1. The molecule has 1 atom stereocenters. The molecule has 0 saturated heterocycles. The van der Waals surface area contributed by atoms with Crippen molar-refractivity contribution in [1.29, 1.82) is 0 Å². The molecule has 0 radical (unpaired) electrons. The van der Waals surface area contributed by atoms with Crippen molar-refractivity contribution in [2.45, 2.75) is 44.4 Å². The quantitative estimate of drug-likeness (QED) is 0.481. The maximum absolute atomic E-state index is 13.0. The highest BCUT2D eigenvalue weighted by molar-refractivity contribution is 7.99. The number of thioether (sulfide) groups is 1. The standard InChI is InChI=1S/C21H23ClN4OS2/c1-3-17-16-9-11-28-18(16)8-10-26(17)19(27)13-29-21-24-23-20(25(21)4-2)14-6-5-7-15(22)12-14/h5-7,9,11-12,17H,3-4,8,10,13H2,1-2H3. The number of thiophene rings is 1. The van der Waals surface area contributed by atoms with E-state index in [1.165, 1.54) is 22.2 Å². The molecule has 3 aromatic rings. The monoisotopic (exact) mass is 446 g/mol. The molecule has 0 bridgehead atoms. The lowest BCUT2D eigenvalue weighted by Gasteiger charge is -2.35. The zero-order valence-corrected chi connectivity index (χ0v) is 18.9. The lowest BCUT2D eigenvalue weighted by Crippen LogP contribution is -2.40. The number of fused-ring (bicyclic) bond motifs is 1. The van der Waals surface area contributed by atoms with Crippen LogP contribution in [-0.4, -0.2) is 37.9 Å². The topological polar surface area (TPSA) is 51.0 Å². The van der Waals surface area contributed by atoms with Gasteiger partial charge in [-0.2, -0.15) is 0 Å². The van der Waals surface area contributed by atoms with Gasteiger partial charge < -0.3 is 9.47 Å². The molecule has 0 spiro atoms. The van der Waals surface area contributed by atoms with E-state index in [0.29, 0.717) is 10.8 Å². The van der Waals surface area contributed by atoms with Crippen molar-refractivity contribution >= 4 is 40.6 Å². The number of carbonyl (C=O) groups excluding carboxylic acids is 1. The van der Waals surface area contributed by atoms with E-state index >= 15 is 0 Å². The summed E-state index contributed by atoms with van der Waals surface area (Å²) in [6, 6.07) is 9.96. The Balaban J connectivity index is 1.49. The third kappa shape index (κ3) is 4.09. The predicted octanol–water partition coefficient (Wildman–Crippen LogP) is 5.31. The molecule has 152 valence electrons. The van der Waals surface area contributed by atoms with Crippen LogP contribution in [0.15, 0.2) is 40.9 Å². The van der Waals surface area contributed by atoms with Gasteiger partial charge in [0.05, 0.1) is 11.8 Å². The first-order valence-electron chi connectivity index (χ1n) is 9.80. The van der Waals surface area contributed by atoms with Gasteiger partial charge in [0.25, 0.3) is 0 Å².